The van der Waals surface area contributed by atoms with Gasteiger partial charge in [0, 0.05) is 41.0 Å². The highest BCUT2D eigenvalue weighted by molar-refractivity contribution is 6.30. The van der Waals surface area contributed by atoms with Crippen molar-refractivity contribution in [3.63, 3.8) is 0 Å². The Kier molecular flexibility index (Phi) is 7.30. The third kappa shape index (κ3) is 5.74. The van der Waals surface area contributed by atoms with Crippen molar-refractivity contribution in [1.29, 1.82) is 0 Å². The Morgan fingerprint density at radius 1 is 1.00 bits per heavy atom. The van der Waals surface area contributed by atoms with Crippen LogP contribution in [-0.4, -0.2) is 29.9 Å². The molecule has 1 unspecified atom stereocenters. The molecule has 4 rings (SSSR count). The molecule has 1 heterocycles. The fourth-order valence-electron chi connectivity index (χ4n) is 4.25. The number of nitrogens with one attached hydrogen (secondary N) is 2. The molecule has 5 nitrogen and oxygen atoms in total. The number of para-hydroxylation sites is 1. The van der Waals surface area contributed by atoms with Crippen molar-refractivity contribution in [2.75, 3.05) is 23.7 Å². The van der Waals surface area contributed by atoms with Crippen molar-refractivity contribution in [3.8, 4) is 0 Å². The van der Waals surface area contributed by atoms with E-state index in [9.17, 15) is 9.59 Å². The van der Waals surface area contributed by atoms with Gasteiger partial charge < -0.3 is 15.5 Å². The van der Waals surface area contributed by atoms with Crippen molar-refractivity contribution < 1.29 is 9.59 Å². The fraction of sp³-hybridized carbons (Fsp3) is 0.259. The Bertz CT molecular complexity index is 1130. The predicted octanol–water partition coefficient (Wildman–Crippen LogP) is 6.57. The maximum absolute atomic E-state index is 12.9. The van der Waals surface area contributed by atoms with E-state index in [1.807, 2.05) is 53.4 Å². The summed E-state index contributed by atoms with van der Waals surface area (Å²) >= 11 is 5.93. The summed E-state index contributed by atoms with van der Waals surface area (Å²) in [5, 5.41) is 6.62. The fourth-order valence-corrected chi connectivity index (χ4v) is 4.37. The van der Waals surface area contributed by atoms with Gasteiger partial charge in [0.15, 0.2) is 0 Å². The van der Waals surface area contributed by atoms with Crippen LogP contribution in [0.4, 0.5) is 16.2 Å². The van der Waals surface area contributed by atoms with Crippen LogP contribution in [0.25, 0.3) is 0 Å². The van der Waals surface area contributed by atoms with Crippen LogP contribution in [0, 0.1) is 0 Å². The average Bonchev–Trinajstić information content (AvgIpc) is 2.86. The van der Waals surface area contributed by atoms with Crippen LogP contribution < -0.4 is 10.6 Å². The lowest BCUT2D eigenvalue weighted by Gasteiger charge is -2.33. The molecule has 1 saturated heterocycles. The van der Waals surface area contributed by atoms with Crippen LogP contribution >= 0.6 is 11.6 Å². The number of piperidine rings is 1. The maximum atomic E-state index is 12.9. The highest BCUT2D eigenvalue weighted by Gasteiger charge is 2.25. The highest BCUT2D eigenvalue weighted by Crippen LogP contribution is 2.28. The van der Waals surface area contributed by atoms with Gasteiger partial charge in [0.2, 0.25) is 0 Å². The molecule has 6 heteroatoms. The summed E-state index contributed by atoms with van der Waals surface area (Å²) in [5.74, 6) is 0.0660. The van der Waals surface area contributed by atoms with Gasteiger partial charge in [-0.3, -0.25) is 4.79 Å². The van der Waals surface area contributed by atoms with E-state index in [-0.39, 0.29) is 17.9 Å². The highest BCUT2D eigenvalue weighted by atomic mass is 35.5. The summed E-state index contributed by atoms with van der Waals surface area (Å²) in [7, 11) is 0. The van der Waals surface area contributed by atoms with Gasteiger partial charge in [0.05, 0.1) is 0 Å². The molecule has 3 aromatic carbocycles. The molecule has 1 fully saturated rings. The molecule has 0 spiro atoms. The number of aryl methyl sites for hydroxylation is 1. The first-order chi connectivity index (χ1) is 16.0. The molecular weight excluding hydrogens is 434 g/mol. The second-order valence-electron chi connectivity index (χ2n) is 8.31. The third-order valence-electron chi connectivity index (χ3n) is 6.07. The van der Waals surface area contributed by atoms with Crippen LogP contribution in [0.5, 0.6) is 0 Å². The van der Waals surface area contributed by atoms with Crippen molar-refractivity contribution in [2.24, 2.45) is 0 Å². The number of halogens is 1. The minimum Gasteiger partial charge on any atom is -0.324 e. The van der Waals surface area contributed by atoms with E-state index in [4.69, 9.17) is 11.6 Å². The summed E-state index contributed by atoms with van der Waals surface area (Å²) in [6.45, 7) is 3.40. The quantitative estimate of drug-likeness (QED) is 0.451. The van der Waals surface area contributed by atoms with Gasteiger partial charge in [0.25, 0.3) is 5.91 Å². The van der Waals surface area contributed by atoms with Gasteiger partial charge in [-0.25, -0.2) is 4.79 Å². The Labute approximate surface area is 199 Å². The molecule has 0 saturated carbocycles. The largest absolute Gasteiger partial charge is 0.324 e. The molecule has 0 aliphatic carbocycles. The number of carbonyl (C=O) groups excluding carboxylic acids is 2. The first kappa shape index (κ1) is 22.9. The van der Waals surface area contributed by atoms with E-state index in [1.165, 1.54) is 0 Å². The number of likely N-dealkylation sites (tertiary alicyclic amines) is 1. The van der Waals surface area contributed by atoms with Gasteiger partial charge in [-0.1, -0.05) is 48.9 Å². The summed E-state index contributed by atoms with van der Waals surface area (Å²) in [5.41, 5.74) is 4.38. The minimum absolute atomic E-state index is 0.118. The molecule has 3 aromatic rings. The zero-order valence-corrected chi connectivity index (χ0v) is 19.4. The van der Waals surface area contributed by atoms with Gasteiger partial charge in [-0.2, -0.15) is 0 Å². The third-order valence-corrected chi connectivity index (χ3v) is 6.32. The van der Waals surface area contributed by atoms with Crippen molar-refractivity contribution in [2.45, 2.75) is 32.1 Å². The number of hydrogen-bond acceptors (Lipinski definition) is 2. The summed E-state index contributed by atoms with van der Waals surface area (Å²) in [6, 6.07) is 22.6. The van der Waals surface area contributed by atoms with E-state index in [0.29, 0.717) is 23.7 Å². The lowest BCUT2D eigenvalue weighted by atomic mass is 9.89. The Morgan fingerprint density at radius 2 is 1.79 bits per heavy atom. The van der Waals surface area contributed by atoms with Crippen molar-refractivity contribution in [1.82, 2.24) is 4.90 Å². The van der Waals surface area contributed by atoms with E-state index in [0.717, 1.165) is 41.8 Å². The SMILES string of the molecule is CCc1ccccc1NC(=O)c1cccc(C2CCCN(C(=O)Nc3ccc(Cl)cc3)C2)c1. The molecule has 0 aromatic heterocycles. The molecule has 1 aliphatic heterocycles. The van der Waals surface area contributed by atoms with Crippen molar-refractivity contribution in [3.05, 3.63) is 94.5 Å². The number of carbonyl (C=O) groups is 2. The molecule has 3 amide bonds. The smallest absolute Gasteiger partial charge is 0.321 e. The van der Waals surface area contributed by atoms with Gasteiger partial charge >= 0.3 is 6.03 Å². The van der Waals surface area contributed by atoms with E-state index < -0.39 is 0 Å². The van der Waals surface area contributed by atoms with Crippen LogP contribution in [0.3, 0.4) is 0 Å². The average molecular weight is 462 g/mol. The zero-order valence-electron chi connectivity index (χ0n) is 18.7. The van der Waals surface area contributed by atoms with Gasteiger partial charge in [-0.15, -0.1) is 0 Å². The van der Waals surface area contributed by atoms with Crippen LogP contribution in [0.15, 0.2) is 72.8 Å². The molecule has 33 heavy (non-hydrogen) atoms. The first-order valence-corrected chi connectivity index (χ1v) is 11.7. The van der Waals surface area contributed by atoms with Crippen LogP contribution in [-0.2, 0) is 6.42 Å². The Morgan fingerprint density at radius 3 is 2.58 bits per heavy atom. The monoisotopic (exact) mass is 461 g/mol. The van der Waals surface area contributed by atoms with E-state index in [1.54, 1.807) is 24.3 Å². The lowest BCUT2D eigenvalue weighted by Crippen LogP contribution is -2.41. The Balaban J connectivity index is 1.43. The topological polar surface area (TPSA) is 61.4 Å². The van der Waals surface area contributed by atoms with Gasteiger partial charge in [0.1, 0.15) is 0 Å². The second kappa shape index (κ2) is 10.5. The number of rotatable bonds is 5. The summed E-state index contributed by atoms with van der Waals surface area (Å²) in [4.78, 5) is 27.5. The lowest BCUT2D eigenvalue weighted by molar-refractivity contribution is 0.102. The number of amides is 3. The Hall–Kier alpha value is -3.31. The number of urea groups is 1. The molecule has 170 valence electrons. The zero-order chi connectivity index (χ0) is 23.2. The van der Waals surface area contributed by atoms with Gasteiger partial charge in [-0.05, 0) is 72.9 Å². The van der Waals surface area contributed by atoms with Crippen LogP contribution in [0.2, 0.25) is 5.02 Å². The normalized spacial score (nSPS) is 15.7. The first-order valence-electron chi connectivity index (χ1n) is 11.3. The van der Waals surface area contributed by atoms with E-state index in [2.05, 4.69) is 17.6 Å². The molecule has 0 bridgehead atoms. The number of anilines is 2. The maximum Gasteiger partial charge on any atom is 0.321 e. The molecule has 1 atom stereocenters. The second-order valence-corrected chi connectivity index (χ2v) is 8.75. The van der Waals surface area contributed by atoms with Crippen LogP contribution in [0.1, 0.15) is 47.2 Å². The van der Waals surface area contributed by atoms with E-state index >= 15 is 0 Å². The predicted molar refractivity (Wildman–Crippen MR) is 134 cm³/mol. The summed E-state index contributed by atoms with van der Waals surface area (Å²) < 4.78 is 0. The standard InChI is InChI=1S/C27H28ClN3O2/c1-2-19-7-3-4-11-25(19)30-26(32)21-9-5-8-20(17-21)22-10-6-16-31(18-22)27(33)29-24-14-12-23(28)13-15-24/h3-5,7-9,11-15,17,22H,2,6,10,16,18H2,1H3,(H,29,33)(H,30,32). The summed E-state index contributed by atoms with van der Waals surface area (Å²) in [6.07, 6.45) is 2.75. The molecule has 2 N–H and O–H groups in total. The number of benzene rings is 3. The minimum atomic E-state index is -0.120. The molecule has 0 radical (unpaired) electrons. The number of hydrogen-bond donors (Lipinski definition) is 2. The molecule has 1 aliphatic rings. The number of nitrogens with zero attached hydrogens (tertiary/aromatic N) is 1. The molecular formula is C27H28ClN3O2. The van der Waals surface area contributed by atoms with Crippen molar-refractivity contribution >= 4 is 34.9 Å².